The Morgan fingerprint density at radius 2 is 2.25 bits per heavy atom. The molecule has 0 N–H and O–H groups in total. The van der Waals surface area contributed by atoms with Gasteiger partial charge in [0.1, 0.15) is 0 Å². The van der Waals surface area contributed by atoms with Crippen molar-refractivity contribution in [2.75, 3.05) is 0 Å². The van der Waals surface area contributed by atoms with Crippen molar-refractivity contribution < 1.29 is 0 Å². The summed E-state index contributed by atoms with van der Waals surface area (Å²) in [6.45, 7) is 8.80. The second-order valence-corrected chi connectivity index (χ2v) is 4.12. The maximum absolute atomic E-state index is 4.34. The van der Waals surface area contributed by atoms with Gasteiger partial charge in [-0.15, -0.1) is 0 Å². The molecule has 1 rings (SSSR count). The predicted molar refractivity (Wildman–Crippen MR) is 54.4 cm³/mol. The Morgan fingerprint density at radius 3 is 2.67 bits per heavy atom. The Bertz CT molecular complexity index is 215. The fourth-order valence-electron chi connectivity index (χ4n) is 1.55. The minimum absolute atomic E-state index is 0.454. The van der Waals surface area contributed by atoms with Crippen LogP contribution in [0.25, 0.3) is 0 Å². The zero-order chi connectivity index (χ0) is 9.19. The van der Waals surface area contributed by atoms with Crippen LogP contribution in [0, 0.1) is 11.3 Å². The maximum Gasteiger partial charge on any atom is 0.0334 e. The number of nitrogens with zero attached hydrogens (tertiary/aromatic N) is 1. The summed E-state index contributed by atoms with van der Waals surface area (Å²) in [5.41, 5.74) is 1.62. The summed E-state index contributed by atoms with van der Waals surface area (Å²) in [7, 11) is 0. The second kappa shape index (κ2) is 3.42. The maximum atomic E-state index is 4.34. The van der Waals surface area contributed by atoms with Crippen molar-refractivity contribution in [3.8, 4) is 0 Å². The molecular formula is C11H19N. The largest absolute Gasteiger partial charge is 0.266 e. The van der Waals surface area contributed by atoms with Crippen LogP contribution in [0.1, 0.15) is 40.5 Å². The molecule has 1 fully saturated rings. The third-order valence-corrected chi connectivity index (χ3v) is 2.73. The van der Waals surface area contributed by atoms with Crippen molar-refractivity contribution in [1.82, 2.24) is 0 Å². The molecule has 0 spiro atoms. The lowest BCUT2D eigenvalue weighted by Crippen LogP contribution is -1.91. The number of rotatable bonds is 3. The molecule has 0 aromatic rings. The Hall–Kier alpha value is -0.590. The van der Waals surface area contributed by atoms with E-state index in [9.17, 15) is 0 Å². The van der Waals surface area contributed by atoms with Crippen LogP contribution in [-0.2, 0) is 0 Å². The molecule has 1 saturated carbocycles. The third-order valence-electron chi connectivity index (χ3n) is 2.73. The van der Waals surface area contributed by atoms with Crippen LogP contribution in [0.15, 0.2) is 16.8 Å². The van der Waals surface area contributed by atoms with E-state index >= 15 is 0 Å². The highest BCUT2D eigenvalue weighted by atomic mass is 14.7. The van der Waals surface area contributed by atoms with Gasteiger partial charge in [-0.05, 0) is 31.1 Å². The Labute approximate surface area is 75.6 Å². The summed E-state index contributed by atoms with van der Waals surface area (Å²) in [6.07, 6.45) is 6.63. The fraction of sp³-hybridized carbons (Fsp3) is 0.727. The normalized spacial score (nSPS) is 36.0. The molecule has 0 aliphatic heterocycles. The molecule has 0 heterocycles. The molecule has 0 radical (unpaired) electrons. The lowest BCUT2D eigenvalue weighted by Gasteiger charge is -2.02. The van der Waals surface area contributed by atoms with Crippen LogP contribution in [0.2, 0.25) is 0 Å². The van der Waals surface area contributed by atoms with Gasteiger partial charge in [0, 0.05) is 11.9 Å². The van der Waals surface area contributed by atoms with Gasteiger partial charge in [0.15, 0.2) is 0 Å². The molecular weight excluding hydrogens is 146 g/mol. The van der Waals surface area contributed by atoms with Gasteiger partial charge < -0.3 is 0 Å². The number of hydrogen-bond acceptors (Lipinski definition) is 1. The molecule has 1 heteroatoms. The molecule has 0 saturated heterocycles. The summed E-state index contributed by atoms with van der Waals surface area (Å²) in [5, 5.41) is 0. The SMILES string of the molecule is CCC=NC(C)=CC1(C)CC1C. The van der Waals surface area contributed by atoms with Crippen molar-refractivity contribution in [2.24, 2.45) is 16.3 Å². The quantitative estimate of drug-likeness (QED) is 0.568. The van der Waals surface area contributed by atoms with Gasteiger partial charge in [0.2, 0.25) is 0 Å². The summed E-state index contributed by atoms with van der Waals surface area (Å²) in [5.74, 6) is 0.851. The number of allylic oxidation sites excluding steroid dienone is 2. The minimum atomic E-state index is 0.454. The molecule has 1 aliphatic carbocycles. The molecule has 0 aromatic heterocycles. The van der Waals surface area contributed by atoms with Crippen LogP contribution < -0.4 is 0 Å². The lowest BCUT2D eigenvalue weighted by atomic mass is 10.1. The Balaban J connectivity index is 2.52. The molecule has 0 amide bonds. The van der Waals surface area contributed by atoms with Gasteiger partial charge >= 0.3 is 0 Å². The molecule has 1 nitrogen and oxygen atoms in total. The minimum Gasteiger partial charge on any atom is -0.266 e. The first-order valence-corrected chi connectivity index (χ1v) is 4.80. The van der Waals surface area contributed by atoms with E-state index in [4.69, 9.17) is 0 Å². The highest BCUT2D eigenvalue weighted by molar-refractivity contribution is 5.58. The van der Waals surface area contributed by atoms with Gasteiger partial charge in [-0.25, -0.2) is 0 Å². The van der Waals surface area contributed by atoms with Crippen molar-refractivity contribution in [1.29, 1.82) is 0 Å². The zero-order valence-electron chi connectivity index (χ0n) is 8.59. The average Bonchev–Trinajstić information content (AvgIpc) is 2.55. The molecule has 2 atom stereocenters. The van der Waals surface area contributed by atoms with Crippen LogP contribution >= 0.6 is 0 Å². The van der Waals surface area contributed by atoms with E-state index in [0.717, 1.165) is 12.3 Å². The smallest absolute Gasteiger partial charge is 0.0334 e. The standard InChI is InChI=1S/C11H19N/c1-5-6-12-10(3)8-11(4)7-9(11)2/h6,8-9H,5,7H2,1-4H3. The number of hydrogen-bond donors (Lipinski definition) is 0. The van der Waals surface area contributed by atoms with Gasteiger partial charge in [-0.3, -0.25) is 4.99 Å². The van der Waals surface area contributed by atoms with Gasteiger partial charge in [-0.1, -0.05) is 26.8 Å². The van der Waals surface area contributed by atoms with E-state index in [1.165, 1.54) is 12.1 Å². The first kappa shape index (κ1) is 9.50. The van der Waals surface area contributed by atoms with E-state index < -0.39 is 0 Å². The van der Waals surface area contributed by atoms with Gasteiger partial charge in [-0.2, -0.15) is 0 Å². The average molecular weight is 165 g/mol. The van der Waals surface area contributed by atoms with E-state index in [1.54, 1.807) is 0 Å². The summed E-state index contributed by atoms with van der Waals surface area (Å²) < 4.78 is 0. The first-order valence-electron chi connectivity index (χ1n) is 4.80. The van der Waals surface area contributed by atoms with Gasteiger partial charge in [0.05, 0.1) is 0 Å². The van der Waals surface area contributed by atoms with Crippen molar-refractivity contribution in [2.45, 2.75) is 40.5 Å². The Morgan fingerprint density at radius 1 is 1.67 bits per heavy atom. The number of aliphatic imine (C=N–C) groups is 1. The molecule has 68 valence electrons. The van der Waals surface area contributed by atoms with E-state index in [0.29, 0.717) is 5.41 Å². The summed E-state index contributed by atoms with van der Waals surface area (Å²) in [4.78, 5) is 4.34. The van der Waals surface area contributed by atoms with Crippen molar-refractivity contribution in [3.63, 3.8) is 0 Å². The van der Waals surface area contributed by atoms with Crippen LogP contribution in [0.3, 0.4) is 0 Å². The van der Waals surface area contributed by atoms with E-state index in [-0.39, 0.29) is 0 Å². The summed E-state index contributed by atoms with van der Waals surface area (Å²) in [6, 6.07) is 0. The monoisotopic (exact) mass is 165 g/mol. The van der Waals surface area contributed by atoms with Crippen LogP contribution in [-0.4, -0.2) is 6.21 Å². The van der Waals surface area contributed by atoms with Crippen LogP contribution in [0.5, 0.6) is 0 Å². The van der Waals surface area contributed by atoms with Crippen molar-refractivity contribution >= 4 is 6.21 Å². The topological polar surface area (TPSA) is 12.4 Å². The molecule has 0 bridgehead atoms. The zero-order valence-corrected chi connectivity index (χ0v) is 8.59. The third kappa shape index (κ3) is 2.20. The Kier molecular flexibility index (Phi) is 2.71. The molecule has 2 unspecified atom stereocenters. The van der Waals surface area contributed by atoms with Gasteiger partial charge in [0.25, 0.3) is 0 Å². The highest BCUT2D eigenvalue weighted by Gasteiger charge is 2.44. The predicted octanol–water partition coefficient (Wildman–Crippen LogP) is 3.42. The molecule has 0 aromatic carbocycles. The van der Waals surface area contributed by atoms with Crippen LogP contribution in [0.4, 0.5) is 0 Å². The van der Waals surface area contributed by atoms with E-state index in [1.807, 2.05) is 6.21 Å². The summed E-state index contributed by atoms with van der Waals surface area (Å²) >= 11 is 0. The molecule has 12 heavy (non-hydrogen) atoms. The fourth-order valence-corrected chi connectivity index (χ4v) is 1.55. The van der Waals surface area contributed by atoms with Crippen molar-refractivity contribution in [3.05, 3.63) is 11.8 Å². The van der Waals surface area contributed by atoms with E-state index in [2.05, 4.69) is 38.8 Å². The highest BCUT2D eigenvalue weighted by Crippen LogP contribution is 2.53. The second-order valence-electron chi connectivity index (χ2n) is 4.12. The molecule has 1 aliphatic rings. The lowest BCUT2D eigenvalue weighted by molar-refractivity contribution is 0.658. The first-order chi connectivity index (χ1) is 5.58.